The van der Waals surface area contributed by atoms with Crippen molar-refractivity contribution in [1.82, 2.24) is 5.32 Å². The lowest BCUT2D eigenvalue weighted by molar-refractivity contribution is -0.139. The third-order valence-corrected chi connectivity index (χ3v) is 4.62. The maximum Gasteiger partial charge on any atom is 0.303 e. The minimum atomic E-state index is -1.22. The predicted molar refractivity (Wildman–Crippen MR) is 84.5 cm³/mol. The first-order chi connectivity index (χ1) is 11.1. The molecule has 120 valence electrons. The highest BCUT2D eigenvalue weighted by atomic mass is 16.5. The minimum absolute atomic E-state index is 0.00860. The Kier molecular flexibility index (Phi) is 5.43. The third-order valence-electron chi connectivity index (χ3n) is 4.62. The van der Waals surface area contributed by atoms with Crippen molar-refractivity contribution < 1.29 is 9.53 Å². The Morgan fingerprint density at radius 1 is 1.39 bits per heavy atom. The molecule has 0 aromatic rings. The van der Waals surface area contributed by atoms with Gasteiger partial charge in [0.05, 0.1) is 12.1 Å². The molecular weight excluding hydrogens is 290 g/mol. The first-order valence-electron chi connectivity index (χ1n) is 7.96. The van der Waals surface area contributed by atoms with Crippen LogP contribution in [0, 0.1) is 45.8 Å². The maximum atomic E-state index is 10.7. The van der Waals surface area contributed by atoms with Crippen LogP contribution in [-0.2, 0) is 9.53 Å². The number of ether oxygens (including phenoxy) is 1. The molecule has 1 saturated heterocycles. The molecule has 5 nitrogen and oxygen atoms in total. The van der Waals surface area contributed by atoms with Crippen LogP contribution in [0.5, 0.6) is 0 Å². The number of fused-ring (bicyclic) bond motifs is 2. The number of esters is 1. The summed E-state index contributed by atoms with van der Waals surface area (Å²) in [5.41, 5.74) is -0.301. The van der Waals surface area contributed by atoms with Gasteiger partial charge in [0, 0.05) is 25.4 Å². The number of hydrogen-bond donors (Lipinski definition) is 1. The lowest BCUT2D eigenvalue weighted by Gasteiger charge is -2.35. The van der Waals surface area contributed by atoms with Gasteiger partial charge in [-0.15, -0.1) is 0 Å². The quantitative estimate of drug-likeness (QED) is 0.488. The number of nitrogens with zero attached hydrogens (tertiary/aromatic N) is 2. The first-order valence-corrected chi connectivity index (χ1v) is 7.96. The van der Waals surface area contributed by atoms with Gasteiger partial charge in [0.15, 0.2) is 12.0 Å². The molecule has 0 aliphatic carbocycles. The average Bonchev–Trinajstić information content (AvgIpc) is 2.93. The molecule has 2 heterocycles. The molecule has 0 aromatic carbocycles. The SMILES string of the molecule is CC[C@@H]1C(C(C#N)(C#N)CC#CCOC(C)=O)=C[C@H]2CC[C@@H]1N2. The fourth-order valence-electron chi connectivity index (χ4n) is 3.49. The normalized spacial score (nSPS) is 25.4. The molecule has 1 N–H and O–H groups in total. The predicted octanol–water partition coefficient (Wildman–Crippen LogP) is 2.06. The maximum absolute atomic E-state index is 10.7. The molecule has 2 bridgehead atoms. The summed E-state index contributed by atoms with van der Waals surface area (Å²) in [7, 11) is 0. The lowest BCUT2D eigenvalue weighted by atomic mass is 9.70. The van der Waals surface area contributed by atoms with Gasteiger partial charge in [-0.1, -0.05) is 24.8 Å². The smallest absolute Gasteiger partial charge is 0.303 e. The van der Waals surface area contributed by atoms with Crippen molar-refractivity contribution in [2.45, 2.75) is 51.6 Å². The van der Waals surface area contributed by atoms with Gasteiger partial charge in [-0.05, 0) is 30.8 Å². The van der Waals surface area contributed by atoms with E-state index in [9.17, 15) is 15.3 Å². The third kappa shape index (κ3) is 3.55. The molecule has 2 rings (SSSR count). The highest BCUT2D eigenvalue weighted by Crippen LogP contribution is 2.43. The van der Waals surface area contributed by atoms with E-state index in [1.165, 1.54) is 6.92 Å². The Balaban J connectivity index is 2.21. The van der Waals surface area contributed by atoms with E-state index in [-0.39, 0.29) is 25.0 Å². The van der Waals surface area contributed by atoms with Crippen LogP contribution in [0.2, 0.25) is 0 Å². The second-order valence-electron chi connectivity index (χ2n) is 6.03. The zero-order valence-electron chi connectivity index (χ0n) is 13.6. The van der Waals surface area contributed by atoms with E-state index in [0.29, 0.717) is 6.04 Å². The van der Waals surface area contributed by atoms with Crippen molar-refractivity contribution in [2.75, 3.05) is 6.61 Å². The van der Waals surface area contributed by atoms with Crippen LogP contribution >= 0.6 is 0 Å². The standard InChI is InChI=1S/C18H21N3O2/c1-3-15-16(10-14-6-7-17(15)21-14)18(11-19,12-20)8-4-5-9-23-13(2)22/h10,14-15,17,21H,3,6-9H2,1-2H3/t14-,15-,17+/m1/s1. The number of carbonyl (C=O) groups excluding carboxylic acids is 1. The van der Waals surface area contributed by atoms with E-state index in [2.05, 4.69) is 42.3 Å². The zero-order valence-corrected chi connectivity index (χ0v) is 13.6. The monoisotopic (exact) mass is 311 g/mol. The molecule has 0 unspecified atom stereocenters. The fraction of sp³-hybridized carbons (Fsp3) is 0.611. The van der Waals surface area contributed by atoms with E-state index in [1.54, 1.807) is 0 Å². The largest absolute Gasteiger partial charge is 0.453 e. The van der Waals surface area contributed by atoms with E-state index in [1.807, 2.05) is 0 Å². The van der Waals surface area contributed by atoms with E-state index < -0.39 is 11.4 Å². The van der Waals surface area contributed by atoms with Gasteiger partial charge in [0.25, 0.3) is 0 Å². The van der Waals surface area contributed by atoms with E-state index >= 15 is 0 Å². The van der Waals surface area contributed by atoms with Gasteiger partial charge >= 0.3 is 5.97 Å². The molecule has 5 heteroatoms. The highest BCUT2D eigenvalue weighted by Gasteiger charge is 2.45. The van der Waals surface area contributed by atoms with Gasteiger partial charge in [0.1, 0.15) is 0 Å². The van der Waals surface area contributed by atoms with Crippen molar-refractivity contribution in [3.05, 3.63) is 11.6 Å². The molecule has 0 radical (unpaired) electrons. The summed E-state index contributed by atoms with van der Waals surface area (Å²) in [6.45, 7) is 3.40. The van der Waals surface area contributed by atoms with Crippen LogP contribution in [0.1, 0.15) is 39.5 Å². The minimum Gasteiger partial charge on any atom is -0.453 e. The van der Waals surface area contributed by atoms with E-state index in [0.717, 1.165) is 24.8 Å². The average molecular weight is 311 g/mol. The summed E-state index contributed by atoms with van der Waals surface area (Å²) in [4.78, 5) is 10.7. The number of hydrogen-bond acceptors (Lipinski definition) is 5. The van der Waals surface area contributed by atoms with Crippen molar-refractivity contribution in [2.24, 2.45) is 11.3 Å². The van der Waals surface area contributed by atoms with Gasteiger partial charge in [-0.2, -0.15) is 10.5 Å². The zero-order chi connectivity index (χ0) is 16.9. The summed E-state index contributed by atoms with van der Waals surface area (Å²) >= 11 is 0. The highest BCUT2D eigenvalue weighted by molar-refractivity contribution is 5.66. The first kappa shape index (κ1) is 17.1. The second kappa shape index (κ2) is 7.32. The summed E-state index contributed by atoms with van der Waals surface area (Å²) in [6.07, 6.45) is 5.23. The summed E-state index contributed by atoms with van der Waals surface area (Å²) < 4.78 is 4.75. The van der Waals surface area contributed by atoms with Gasteiger partial charge in [0.2, 0.25) is 0 Å². The number of rotatable bonds is 4. The lowest BCUT2D eigenvalue weighted by Crippen LogP contribution is -2.43. The molecule has 3 atom stereocenters. The van der Waals surface area contributed by atoms with Crippen LogP contribution < -0.4 is 5.32 Å². The van der Waals surface area contributed by atoms with Crippen LogP contribution in [0.25, 0.3) is 0 Å². The van der Waals surface area contributed by atoms with Crippen molar-refractivity contribution in [1.29, 1.82) is 10.5 Å². The second-order valence-corrected chi connectivity index (χ2v) is 6.03. The fourth-order valence-corrected chi connectivity index (χ4v) is 3.49. The molecule has 2 aliphatic heterocycles. The molecule has 0 saturated carbocycles. The molecule has 23 heavy (non-hydrogen) atoms. The number of nitrogens with one attached hydrogen (secondary N) is 1. The topological polar surface area (TPSA) is 85.9 Å². The Hall–Kier alpha value is -2.29. The van der Waals surface area contributed by atoms with E-state index in [4.69, 9.17) is 4.74 Å². The Morgan fingerprint density at radius 2 is 2.13 bits per heavy atom. The van der Waals surface area contributed by atoms with Gasteiger partial charge in [-0.3, -0.25) is 4.79 Å². The molecule has 0 spiro atoms. The van der Waals surface area contributed by atoms with Crippen LogP contribution in [0.3, 0.4) is 0 Å². The molecule has 0 amide bonds. The van der Waals surface area contributed by atoms with Crippen molar-refractivity contribution in [3.63, 3.8) is 0 Å². The summed E-state index contributed by atoms with van der Waals surface area (Å²) in [5, 5.41) is 22.9. The Labute approximate surface area is 137 Å². The Bertz CT molecular complexity index is 628. The van der Waals surface area contributed by atoms with Gasteiger partial charge in [-0.25, -0.2) is 0 Å². The summed E-state index contributed by atoms with van der Waals surface area (Å²) in [5.74, 6) is 5.36. The van der Waals surface area contributed by atoms with Crippen LogP contribution in [0.4, 0.5) is 0 Å². The van der Waals surface area contributed by atoms with Crippen molar-refractivity contribution in [3.8, 4) is 24.0 Å². The Morgan fingerprint density at radius 3 is 2.74 bits per heavy atom. The van der Waals surface area contributed by atoms with Crippen molar-refractivity contribution >= 4 is 5.97 Å². The van der Waals surface area contributed by atoms with Gasteiger partial charge < -0.3 is 10.1 Å². The molecule has 1 fully saturated rings. The number of nitriles is 2. The van der Waals surface area contributed by atoms with Crippen LogP contribution in [-0.4, -0.2) is 24.7 Å². The summed E-state index contributed by atoms with van der Waals surface area (Å²) in [6, 6.07) is 5.01. The molecular formula is C18H21N3O2. The molecule has 2 aliphatic rings. The molecule has 0 aromatic heterocycles. The number of carbonyl (C=O) groups is 1. The van der Waals surface area contributed by atoms with Crippen LogP contribution in [0.15, 0.2) is 11.6 Å².